The number of nitrogens with zero attached hydrogens (tertiary/aromatic N) is 1. The van der Waals surface area contributed by atoms with Crippen LogP contribution in [0.4, 0.5) is 17.1 Å². The molecule has 0 atom stereocenters. The third-order valence-electron chi connectivity index (χ3n) is 8.80. The lowest BCUT2D eigenvalue weighted by Crippen LogP contribution is -2.11. The van der Waals surface area contributed by atoms with Gasteiger partial charge in [0.2, 0.25) is 0 Å². The maximum absolute atomic E-state index is 6.70. The van der Waals surface area contributed by atoms with Gasteiger partial charge in [-0.25, -0.2) is 0 Å². The van der Waals surface area contributed by atoms with Crippen molar-refractivity contribution in [3.63, 3.8) is 0 Å². The van der Waals surface area contributed by atoms with E-state index in [0.717, 1.165) is 50.1 Å². The summed E-state index contributed by atoms with van der Waals surface area (Å²) in [6, 6.07) is 58.5. The summed E-state index contributed by atoms with van der Waals surface area (Å²) in [5, 5.41) is 9.58. The molecule has 0 N–H and O–H groups in total. The number of fused-ring (bicyclic) bond motifs is 7. The number of anilines is 3. The number of furan rings is 1. The van der Waals surface area contributed by atoms with E-state index in [0.29, 0.717) is 0 Å². The van der Waals surface area contributed by atoms with Crippen molar-refractivity contribution in [3.8, 4) is 11.1 Å². The molecule has 206 valence electrons. The molecule has 1 aromatic heterocycles. The second kappa shape index (κ2) is 9.86. The fourth-order valence-electron chi connectivity index (χ4n) is 6.80. The molecule has 0 saturated carbocycles. The molecule has 0 unspecified atom stereocenters. The van der Waals surface area contributed by atoms with Crippen LogP contribution in [-0.4, -0.2) is 0 Å². The molecule has 0 radical (unpaired) electrons. The first kappa shape index (κ1) is 24.7. The van der Waals surface area contributed by atoms with Gasteiger partial charge in [-0.05, 0) is 63.3 Å². The quantitative estimate of drug-likeness (QED) is 0.199. The van der Waals surface area contributed by atoms with E-state index in [1.807, 2.05) is 0 Å². The van der Waals surface area contributed by atoms with Gasteiger partial charge in [0.1, 0.15) is 11.2 Å². The van der Waals surface area contributed by atoms with Gasteiger partial charge in [0, 0.05) is 33.0 Å². The second-order valence-electron chi connectivity index (χ2n) is 11.3. The van der Waals surface area contributed by atoms with Crippen LogP contribution in [0.1, 0.15) is 0 Å². The number of hydrogen-bond acceptors (Lipinski definition) is 2. The summed E-state index contributed by atoms with van der Waals surface area (Å²) in [5.74, 6) is 0. The van der Waals surface area contributed by atoms with E-state index >= 15 is 0 Å². The lowest BCUT2D eigenvalue weighted by molar-refractivity contribution is 0.670. The van der Waals surface area contributed by atoms with Crippen molar-refractivity contribution < 1.29 is 4.42 Å². The summed E-state index contributed by atoms with van der Waals surface area (Å²) in [4.78, 5) is 2.40. The van der Waals surface area contributed by atoms with Gasteiger partial charge in [0.05, 0.1) is 11.4 Å². The fraction of sp³-hybridized carbons (Fsp3) is 0. The Morgan fingerprint density at radius 1 is 0.364 bits per heavy atom. The van der Waals surface area contributed by atoms with Gasteiger partial charge in [0.15, 0.2) is 0 Å². The minimum Gasteiger partial charge on any atom is -0.455 e. The van der Waals surface area contributed by atoms with Crippen molar-refractivity contribution in [2.45, 2.75) is 0 Å². The first-order valence-corrected chi connectivity index (χ1v) is 15.0. The van der Waals surface area contributed by atoms with Crippen LogP contribution in [0.25, 0.3) is 65.4 Å². The molecule has 2 heteroatoms. The third kappa shape index (κ3) is 3.82. The summed E-state index contributed by atoms with van der Waals surface area (Å²) < 4.78 is 6.70. The van der Waals surface area contributed by atoms with Crippen molar-refractivity contribution in [1.29, 1.82) is 0 Å². The third-order valence-corrected chi connectivity index (χ3v) is 8.80. The first-order chi connectivity index (χ1) is 21.8. The van der Waals surface area contributed by atoms with Gasteiger partial charge in [-0.1, -0.05) is 127 Å². The normalized spacial score (nSPS) is 11.6. The summed E-state index contributed by atoms with van der Waals surface area (Å²) in [6.45, 7) is 0. The average Bonchev–Trinajstić information content (AvgIpc) is 3.46. The standard InChI is InChI=1S/C42H27NO/c1-2-16-31(17-3-1)43(40-26-30-15-6-7-18-32(30)33-19-8-9-20-34(33)40)39-24-11-10-21-35(39)36-22-12-23-37-38-25-28-13-4-5-14-29(28)27-41(38)44-42(36)37/h1-27H. The predicted octanol–water partition coefficient (Wildman–Crippen LogP) is 12.2. The lowest BCUT2D eigenvalue weighted by Gasteiger charge is -2.29. The summed E-state index contributed by atoms with van der Waals surface area (Å²) in [6.07, 6.45) is 0. The molecule has 0 amide bonds. The Bertz CT molecular complexity index is 2510. The van der Waals surface area contributed by atoms with Gasteiger partial charge in [-0.3, -0.25) is 0 Å². The second-order valence-corrected chi connectivity index (χ2v) is 11.3. The van der Waals surface area contributed by atoms with E-state index in [1.165, 1.54) is 32.3 Å². The molecule has 0 aliphatic heterocycles. The van der Waals surface area contributed by atoms with E-state index in [2.05, 4.69) is 169 Å². The van der Waals surface area contributed by atoms with Gasteiger partial charge in [-0.15, -0.1) is 0 Å². The Balaban J connectivity index is 1.34. The predicted molar refractivity (Wildman–Crippen MR) is 186 cm³/mol. The molecule has 0 saturated heterocycles. The van der Waals surface area contributed by atoms with Gasteiger partial charge < -0.3 is 9.32 Å². The SMILES string of the molecule is c1ccc(N(c2ccccc2-c2cccc3c2oc2cc4ccccc4cc23)c2cc3ccccc3c3ccccc23)cc1. The smallest absolute Gasteiger partial charge is 0.143 e. The molecule has 0 spiro atoms. The van der Waals surface area contributed by atoms with Gasteiger partial charge in [-0.2, -0.15) is 0 Å². The topological polar surface area (TPSA) is 16.4 Å². The molecule has 0 fully saturated rings. The maximum Gasteiger partial charge on any atom is 0.143 e. The van der Waals surface area contributed by atoms with E-state index in [1.54, 1.807) is 0 Å². The molecule has 2 nitrogen and oxygen atoms in total. The Morgan fingerprint density at radius 3 is 1.82 bits per heavy atom. The average molecular weight is 562 g/mol. The van der Waals surface area contributed by atoms with E-state index in [4.69, 9.17) is 4.42 Å². The number of para-hydroxylation sites is 3. The highest BCUT2D eigenvalue weighted by atomic mass is 16.3. The molecular formula is C42H27NO. The van der Waals surface area contributed by atoms with Crippen LogP contribution in [0.2, 0.25) is 0 Å². The van der Waals surface area contributed by atoms with Crippen LogP contribution < -0.4 is 4.90 Å². The number of benzene rings is 8. The lowest BCUT2D eigenvalue weighted by atomic mass is 9.96. The largest absolute Gasteiger partial charge is 0.455 e. The van der Waals surface area contributed by atoms with Crippen molar-refractivity contribution in [1.82, 2.24) is 0 Å². The van der Waals surface area contributed by atoms with Gasteiger partial charge >= 0.3 is 0 Å². The Labute approximate surface area is 255 Å². The van der Waals surface area contributed by atoms with Crippen LogP contribution >= 0.6 is 0 Å². The number of rotatable bonds is 4. The fourth-order valence-corrected chi connectivity index (χ4v) is 6.80. The van der Waals surface area contributed by atoms with Crippen LogP contribution in [-0.2, 0) is 0 Å². The molecule has 9 rings (SSSR count). The van der Waals surface area contributed by atoms with Crippen LogP contribution in [0.15, 0.2) is 168 Å². The summed E-state index contributed by atoms with van der Waals surface area (Å²) >= 11 is 0. The van der Waals surface area contributed by atoms with Crippen LogP contribution in [0, 0.1) is 0 Å². The summed E-state index contributed by atoms with van der Waals surface area (Å²) in [7, 11) is 0. The molecule has 1 heterocycles. The Kier molecular flexibility index (Phi) is 5.54. The van der Waals surface area contributed by atoms with Gasteiger partial charge in [0.25, 0.3) is 0 Å². The van der Waals surface area contributed by atoms with E-state index < -0.39 is 0 Å². The van der Waals surface area contributed by atoms with Crippen LogP contribution in [0.3, 0.4) is 0 Å². The molecule has 0 aliphatic carbocycles. The molecule has 44 heavy (non-hydrogen) atoms. The minimum absolute atomic E-state index is 0.904. The van der Waals surface area contributed by atoms with Crippen molar-refractivity contribution in [2.24, 2.45) is 0 Å². The zero-order valence-corrected chi connectivity index (χ0v) is 23.9. The van der Waals surface area contributed by atoms with Crippen molar-refractivity contribution in [2.75, 3.05) is 4.90 Å². The zero-order chi connectivity index (χ0) is 29.0. The van der Waals surface area contributed by atoms with E-state index in [-0.39, 0.29) is 0 Å². The monoisotopic (exact) mass is 561 g/mol. The highest BCUT2D eigenvalue weighted by Gasteiger charge is 2.22. The number of hydrogen-bond donors (Lipinski definition) is 0. The van der Waals surface area contributed by atoms with Crippen molar-refractivity contribution in [3.05, 3.63) is 164 Å². The minimum atomic E-state index is 0.904. The molecule has 9 aromatic rings. The van der Waals surface area contributed by atoms with Crippen LogP contribution in [0.5, 0.6) is 0 Å². The Morgan fingerprint density at radius 2 is 0.977 bits per heavy atom. The van der Waals surface area contributed by atoms with Crippen molar-refractivity contribution >= 4 is 71.3 Å². The summed E-state index contributed by atoms with van der Waals surface area (Å²) in [5.41, 5.74) is 7.33. The van der Waals surface area contributed by atoms with E-state index in [9.17, 15) is 0 Å². The zero-order valence-electron chi connectivity index (χ0n) is 23.9. The first-order valence-electron chi connectivity index (χ1n) is 15.0. The highest BCUT2D eigenvalue weighted by Crippen LogP contribution is 2.47. The molecule has 0 aliphatic rings. The molecule has 0 bridgehead atoms. The molecule has 8 aromatic carbocycles. The molecular weight excluding hydrogens is 534 g/mol. The highest BCUT2D eigenvalue weighted by molar-refractivity contribution is 6.16. The maximum atomic E-state index is 6.70. The Hall–Kier alpha value is -5.86.